The maximum Gasteiger partial charge on any atom is 0.145 e. The van der Waals surface area contributed by atoms with Crippen molar-refractivity contribution in [1.82, 2.24) is 0 Å². The van der Waals surface area contributed by atoms with E-state index in [4.69, 9.17) is 4.42 Å². The van der Waals surface area contributed by atoms with Crippen molar-refractivity contribution in [3.8, 4) is 22.3 Å². The lowest BCUT2D eigenvalue weighted by Gasteiger charge is -2.27. The Labute approximate surface area is 318 Å². The minimum Gasteiger partial charge on any atom is -0.455 e. The third kappa shape index (κ3) is 4.81. The molecule has 252 valence electrons. The predicted octanol–water partition coefficient (Wildman–Crippen LogP) is 15.0. The number of fused-ring (bicyclic) bond motifs is 9. The average Bonchev–Trinajstić information content (AvgIpc) is 3.67. The molecule has 0 amide bonds. The SMILES string of the molecule is [2H]c1c([2H])c(N(c2ccc3ccc4ccccc4c3c2)c2ccc(-c3ccccc3)c3oc4ccccc4c23)c([2H])c([2H])c1-c1cc2ccccc2c2ccccc12. The highest BCUT2D eigenvalue weighted by atomic mass is 16.3. The fourth-order valence-electron chi connectivity index (χ4n) is 8.17. The molecule has 0 N–H and O–H groups in total. The van der Waals surface area contributed by atoms with Gasteiger partial charge in [-0.2, -0.15) is 0 Å². The van der Waals surface area contributed by atoms with Gasteiger partial charge in [0, 0.05) is 22.3 Å². The Balaban J connectivity index is 1.24. The van der Waals surface area contributed by atoms with E-state index in [1.54, 1.807) is 0 Å². The van der Waals surface area contributed by atoms with E-state index in [1.165, 1.54) is 0 Å². The van der Waals surface area contributed by atoms with Crippen LogP contribution in [0, 0.1) is 0 Å². The molecule has 0 aliphatic carbocycles. The standard InChI is InChI=1S/C52H33NO/c1-2-12-34(13-3-1)43-30-31-49(51-46-20-10-11-21-50(46)54-52(43)51)53(40-29-26-36-23-22-35-14-4-6-16-41(35)48(36)33-40)39-27-24-37(25-28-39)47-32-38-15-5-7-17-42(38)44-18-8-9-19-45(44)47/h1-33H/i24D,25D,27D,28D. The maximum atomic E-state index is 9.87. The Hall–Kier alpha value is -7.16. The van der Waals surface area contributed by atoms with Crippen LogP contribution in [-0.2, 0) is 0 Å². The van der Waals surface area contributed by atoms with Crippen LogP contribution < -0.4 is 4.90 Å². The van der Waals surface area contributed by atoms with Crippen molar-refractivity contribution in [1.29, 1.82) is 0 Å². The molecule has 0 radical (unpaired) electrons. The van der Waals surface area contributed by atoms with Gasteiger partial charge < -0.3 is 9.32 Å². The second kappa shape index (κ2) is 12.2. The topological polar surface area (TPSA) is 16.4 Å². The average molecular weight is 692 g/mol. The van der Waals surface area contributed by atoms with E-state index in [1.807, 2.05) is 120 Å². The van der Waals surface area contributed by atoms with E-state index < -0.39 is 0 Å². The minimum absolute atomic E-state index is 0.109. The van der Waals surface area contributed by atoms with Gasteiger partial charge >= 0.3 is 0 Å². The number of furan rings is 1. The van der Waals surface area contributed by atoms with Crippen LogP contribution >= 0.6 is 0 Å². The fraction of sp³-hybridized carbons (Fsp3) is 0. The Morgan fingerprint density at radius 3 is 1.80 bits per heavy atom. The van der Waals surface area contributed by atoms with Gasteiger partial charge in [-0.05, 0) is 108 Å². The second-order valence-corrected chi connectivity index (χ2v) is 13.7. The molecule has 0 saturated heterocycles. The summed E-state index contributed by atoms with van der Waals surface area (Å²) in [6.45, 7) is 0. The molecular weight excluding hydrogens is 655 g/mol. The van der Waals surface area contributed by atoms with Crippen molar-refractivity contribution in [2.45, 2.75) is 0 Å². The monoisotopic (exact) mass is 691 g/mol. The number of nitrogens with zero attached hydrogens (tertiary/aromatic N) is 1. The van der Waals surface area contributed by atoms with Crippen LogP contribution in [0.1, 0.15) is 5.48 Å². The Bertz CT molecular complexity index is 3440. The Morgan fingerprint density at radius 2 is 1.00 bits per heavy atom. The number of hydrogen-bond donors (Lipinski definition) is 0. The van der Waals surface area contributed by atoms with E-state index in [9.17, 15) is 5.48 Å². The van der Waals surface area contributed by atoms with Gasteiger partial charge in [-0.25, -0.2) is 0 Å². The summed E-state index contributed by atoms with van der Waals surface area (Å²) in [6, 6.07) is 58.4. The van der Waals surface area contributed by atoms with Crippen LogP contribution in [0.4, 0.5) is 17.1 Å². The van der Waals surface area contributed by atoms with Gasteiger partial charge in [0.05, 0.1) is 16.6 Å². The molecule has 0 unspecified atom stereocenters. The summed E-state index contributed by atoms with van der Waals surface area (Å²) in [5, 5.41) is 9.86. The first-order valence-corrected chi connectivity index (χ1v) is 18.2. The van der Waals surface area contributed by atoms with E-state index in [0.29, 0.717) is 28.1 Å². The molecule has 10 aromatic carbocycles. The highest BCUT2D eigenvalue weighted by Gasteiger charge is 2.23. The van der Waals surface area contributed by atoms with Crippen LogP contribution in [0.5, 0.6) is 0 Å². The van der Waals surface area contributed by atoms with Crippen molar-refractivity contribution in [3.63, 3.8) is 0 Å². The Morgan fingerprint density at radius 1 is 0.389 bits per heavy atom. The number of rotatable bonds is 5. The molecule has 11 aromatic rings. The van der Waals surface area contributed by atoms with Crippen molar-refractivity contribution < 1.29 is 9.90 Å². The van der Waals surface area contributed by atoms with Crippen molar-refractivity contribution >= 4 is 82.1 Å². The molecule has 2 heteroatoms. The summed E-state index contributed by atoms with van der Waals surface area (Å²) >= 11 is 0. The number of benzene rings is 10. The van der Waals surface area contributed by atoms with Crippen molar-refractivity contribution in [3.05, 3.63) is 200 Å². The lowest BCUT2D eigenvalue weighted by molar-refractivity contribution is 0.670. The third-order valence-electron chi connectivity index (χ3n) is 10.7. The van der Waals surface area contributed by atoms with Crippen LogP contribution in [-0.4, -0.2) is 0 Å². The molecule has 0 spiro atoms. The summed E-state index contributed by atoms with van der Waals surface area (Å²) in [5.74, 6) is 0. The van der Waals surface area contributed by atoms with Gasteiger partial charge in [-0.15, -0.1) is 0 Å². The van der Waals surface area contributed by atoms with Crippen LogP contribution in [0.25, 0.3) is 87.3 Å². The van der Waals surface area contributed by atoms with Gasteiger partial charge in [-0.1, -0.05) is 152 Å². The molecule has 0 aliphatic rings. The quantitative estimate of drug-likeness (QED) is 0.167. The summed E-state index contributed by atoms with van der Waals surface area (Å²) in [7, 11) is 0. The molecule has 0 aliphatic heterocycles. The molecule has 0 atom stereocenters. The predicted molar refractivity (Wildman–Crippen MR) is 229 cm³/mol. The first-order chi connectivity index (χ1) is 28.5. The number of para-hydroxylation sites is 1. The molecule has 54 heavy (non-hydrogen) atoms. The van der Waals surface area contributed by atoms with Crippen LogP contribution in [0.2, 0.25) is 0 Å². The van der Waals surface area contributed by atoms with Crippen molar-refractivity contribution in [2.75, 3.05) is 4.90 Å². The molecule has 0 fully saturated rings. The normalized spacial score (nSPS) is 12.7. The number of hydrogen-bond acceptors (Lipinski definition) is 2. The molecule has 1 heterocycles. The van der Waals surface area contributed by atoms with Crippen LogP contribution in [0.3, 0.4) is 0 Å². The smallest absolute Gasteiger partial charge is 0.145 e. The summed E-state index contributed by atoms with van der Waals surface area (Å²) in [6.07, 6.45) is 0. The first kappa shape index (κ1) is 26.6. The van der Waals surface area contributed by atoms with E-state index in [2.05, 4.69) is 60.7 Å². The first-order valence-electron chi connectivity index (χ1n) is 20.2. The molecule has 2 nitrogen and oxygen atoms in total. The Kier molecular flexibility index (Phi) is 6.02. The zero-order valence-electron chi connectivity index (χ0n) is 33.1. The molecule has 0 saturated carbocycles. The van der Waals surface area contributed by atoms with E-state index >= 15 is 0 Å². The molecule has 11 rings (SSSR count). The molecule has 0 bridgehead atoms. The zero-order valence-corrected chi connectivity index (χ0v) is 29.1. The van der Waals surface area contributed by atoms with Crippen molar-refractivity contribution in [2.24, 2.45) is 0 Å². The largest absolute Gasteiger partial charge is 0.455 e. The van der Waals surface area contributed by atoms with Crippen LogP contribution in [0.15, 0.2) is 205 Å². The maximum absolute atomic E-state index is 9.87. The summed E-state index contributed by atoms with van der Waals surface area (Å²) in [4.78, 5) is 1.91. The second-order valence-electron chi connectivity index (χ2n) is 13.7. The lowest BCUT2D eigenvalue weighted by atomic mass is 9.93. The summed E-state index contributed by atoms with van der Waals surface area (Å²) < 4.78 is 45.9. The highest BCUT2D eigenvalue weighted by molar-refractivity contribution is 6.18. The van der Waals surface area contributed by atoms with Gasteiger partial charge in [-0.3, -0.25) is 0 Å². The number of anilines is 3. The van der Waals surface area contributed by atoms with Gasteiger partial charge in [0.25, 0.3) is 0 Å². The lowest BCUT2D eigenvalue weighted by Crippen LogP contribution is -2.10. The van der Waals surface area contributed by atoms with E-state index in [0.717, 1.165) is 65.0 Å². The summed E-state index contributed by atoms with van der Waals surface area (Å²) in [5.41, 5.74) is 5.77. The van der Waals surface area contributed by atoms with Gasteiger partial charge in [0.15, 0.2) is 0 Å². The fourth-order valence-corrected chi connectivity index (χ4v) is 8.17. The van der Waals surface area contributed by atoms with Gasteiger partial charge in [0.1, 0.15) is 11.2 Å². The molecule has 1 aromatic heterocycles. The molecular formula is C52H33NO. The third-order valence-corrected chi connectivity index (χ3v) is 10.7. The highest BCUT2D eigenvalue weighted by Crippen LogP contribution is 2.47. The van der Waals surface area contributed by atoms with E-state index in [-0.39, 0.29) is 35.4 Å². The van der Waals surface area contributed by atoms with Gasteiger partial charge in [0.2, 0.25) is 0 Å². The zero-order chi connectivity index (χ0) is 39.1. The minimum atomic E-state index is -0.139.